The Morgan fingerprint density at radius 1 is 1.19 bits per heavy atom. The Labute approximate surface area is 207 Å². The van der Waals surface area contributed by atoms with Gasteiger partial charge < -0.3 is 15.6 Å². The average molecular weight is 480 g/mol. The van der Waals surface area contributed by atoms with Crippen LogP contribution in [0, 0.1) is 6.92 Å². The predicted molar refractivity (Wildman–Crippen MR) is 134 cm³/mol. The first-order valence-corrected chi connectivity index (χ1v) is 11.7. The summed E-state index contributed by atoms with van der Waals surface area (Å²) in [6.45, 7) is 2.54. The van der Waals surface area contributed by atoms with Crippen molar-refractivity contribution in [2.45, 2.75) is 19.4 Å². The molecule has 10 heteroatoms. The lowest BCUT2D eigenvalue weighted by Crippen LogP contribution is -2.41. The van der Waals surface area contributed by atoms with E-state index in [0.29, 0.717) is 24.2 Å². The summed E-state index contributed by atoms with van der Waals surface area (Å²) in [5, 5.41) is 9.02. The van der Waals surface area contributed by atoms with E-state index in [2.05, 4.69) is 20.1 Å². The lowest BCUT2D eigenvalue weighted by molar-refractivity contribution is -0.127. The second kappa shape index (κ2) is 8.49. The fraction of sp³-hybridized carbons (Fsp3) is 0.192. The number of carbonyl (C=O) groups is 1. The predicted octanol–water partition coefficient (Wildman–Crippen LogP) is 2.64. The molecule has 6 heterocycles. The summed E-state index contributed by atoms with van der Waals surface area (Å²) in [5.74, 6) is -0.216. The van der Waals surface area contributed by atoms with Crippen molar-refractivity contribution in [1.29, 1.82) is 0 Å². The van der Waals surface area contributed by atoms with E-state index in [1.165, 1.54) is 6.20 Å². The SMILES string of the molecule is Cc1cccn2nc(C3c4nc[nH]c4CCN3C(=O)/C(=C/N)c3ccc(-c4cnn(C)c4)cn3)cc12. The van der Waals surface area contributed by atoms with Crippen LogP contribution in [0.15, 0.2) is 67.6 Å². The van der Waals surface area contributed by atoms with Crippen molar-refractivity contribution < 1.29 is 4.79 Å². The minimum absolute atomic E-state index is 0.216. The highest BCUT2D eigenvalue weighted by Gasteiger charge is 2.37. The molecule has 5 aromatic heterocycles. The molecule has 3 N–H and O–H groups in total. The number of H-pyrrole nitrogens is 1. The van der Waals surface area contributed by atoms with Gasteiger partial charge >= 0.3 is 0 Å². The summed E-state index contributed by atoms with van der Waals surface area (Å²) < 4.78 is 3.57. The second-order valence-electron chi connectivity index (χ2n) is 8.92. The number of nitrogens with zero attached hydrogens (tertiary/aromatic N) is 7. The van der Waals surface area contributed by atoms with Crippen LogP contribution in [0.3, 0.4) is 0 Å². The van der Waals surface area contributed by atoms with Gasteiger partial charge in [0.25, 0.3) is 5.91 Å². The van der Waals surface area contributed by atoms with E-state index >= 15 is 0 Å². The number of rotatable bonds is 4. The molecular weight excluding hydrogens is 454 g/mol. The van der Waals surface area contributed by atoms with E-state index < -0.39 is 6.04 Å². The van der Waals surface area contributed by atoms with Gasteiger partial charge in [0.1, 0.15) is 6.04 Å². The van der Waals surface area contributed by atoms with Crippen LogP contribution in [-0.4, -0.2) is 51.7 Å². The first-order chi connectivity index (χ1) is 17.5. The van der Waals surface area contributed by atoms with Crippen LogP contribution in [0.5, 0.6) is 0 Å². The van der Waals surface area contributed by atoms with Crippen LogP contribution in [0.25, 0.3) is 22.2 Å². The molecule has 0 bridgehead atoms. The van der Waals surface area contributed by atoms with Gasteiger partial charge in [-0.05, 0) is 30.7 Å². The number of hydrogen-bond acceptors (Lipinski definition) is 6. The molecule has 1 amide bonds. The summed E-state index contributed by atoms with van der Waals surface area (Å²) >= 11 is 0. The van der Waals surface area contributed by atoms with E-state index in [0.717, 1.165) is 39.3 Å². The van der Waals surface area contributed by atoms with Crippen LogP contribution in [0.4, 0.5) is 0 Å². The number of aryl methyl sites for hydroxylation is 2. The largest absolute Gasteiger partial charge is 0.404 e. The summed E-state index contributed by atoms with van der Waals surface area (Å²) in [7, 11) is 1.86. The monoisotopic (exact) mass is 479 g/mol. The van der Waals surface area contributed by atoms with Crippen LogP contribution >= 0.6 is 0 Å². The van der Waals surface area contributed by atoms with Gasteiger partial charge in [-0.3, -0.25) is 14.5 Å². The van der Waals surface area contributed by atoms with Crippen molar-refractivity contribution in [3.8, 4) is 11.1 Å². The lowest BCUT2D eigenvalue weighted by Gasteiger charge is -2.34. The van der Waals surface area contributed by atoms with Gasteiger partial charge in [-0.25, -0.2) is 9.50 Å². The first kappa shape index (κ1) is 21.8. The molecule has 1 atom stereocenters. The van der Waals surface area contributed by atoms with Gasteiger partial charge in [0.05, 0.1) is 40.7 Å². The molecule has 0 aromatic carbocycles. The van der Waals surface area contributed by atoms with Crippen molar-refractivity contribution in [2.24, 2.45) is 12.8 Å². The molecule has 0 saturated heterocycles. The Morgan fingerprint density at radius 3 is 2.81 bits per heavy atom. The quantitative estimate of drug-likeness (QED) is 0.382. The third-order valence-corrected chi connectivity index (χ3v) is 6.67. The van der Waals surface area contributed by atoms with E-state index in [4.69, 9.17) is 10.8 Å². The van der Waals surface area contributed by atoms with Crippen molar-refractivity contribution in [3.05, 3.63) is 96.0 Å². The fourth-order valence-corrected chi connectivity index (χ4v) is 4.82. The molecule has 10 nitrogen and oxygen atoms in total. The Balaban J connectivity index is 1.37. The summed E-state index contributed by atoms with van der Waals surface area (Å²) in [4.78, 5) is 28.1. The standard InChI is InChI=1S/C26H25N9O/c1-16-4-3-8-35-23(16)10-22(32-35)25-24-21(29-15-30-24)7-9-34(25)26(36)19(11-27)20-6-5-17(12-28-20)18-13-31-33(2)14-18/h3-6,8,10-15,25H,7,9,27H2,1-2H3,(H,29,30)/b19-11+. The molecule has 0 aliphatic carbocycles. The number of hydrogen-bond donors (Lipinski definition) is 2. The van der Waals surface area contributed by atoms with Gasteiger partial charge in [0, 0.05) is 61.6 Å². The summed E-state index contributed by atoms with van der Waals surface area (Å²) in [6.07, 6.45) is 11.0. The molecule has 180 valence electrons. The topological polar surface area (TPSA) is 123 Å². The molecule has 0 saturated carbocycles. The number of imidazole rings is 1. The molecule has 1 unspecified atom stereocenters. The molecule has 5 aromatic rings. The Bertz CT molecular complexity index is 1610. The van der Waals surface area contributed by atoms with Gasteiger partial charge in [0.2, 0.25) is 0 Å². The highest BCUT2D eigenvalue weighted by Crippen LogP contribution is 2.35. The van der Waals surface area contributed by atoms with Crippen molar-refractivity contribution in [2.75, 3.05) is 6.54 Å². The molecule has 1 aliphatic rings. The van der Waals surface area contributed by atoms with E-state index in [9.17, 15) is 4.79 Å². The van der Waals surface area contributed by atoms with Crippen molar-refractivity contribution >= 4 is 17.0 Å². The minimum atomic E-state index is -0.448. The van der Waals surface area contributed by atoms with E-state index in [1.54, 1.807) is 28.3 Å². The number of nitrogens with one attached hydrogen (secondary N) is 1. The molecule has 36 heavy (non-hydrogen) atoms. The van der Waals surface area contributed by atoms with Crippen LogP contribution in [0.2, 0.25) is 0 Å². The van der Waals surface area contributed by atoms with Gasteiger partial charge in [-0.2, -0.15) is 10.2 Å². The number of carbonyl (C=O) groups excluding carboxylic acids is 1. The Hall–Kier alpha value is -4.73. The highest BCUT2D eigenvalue weighted by molar-refractivity contribution is 6.19. The zero-order chi connectivity index (χ0) is 24.8. The van der Waals surface area contributed by atoms with Crippen molar-refractivity contribution in [3.63, 3.8) is 0 Å². The normalized spacial score (nSPS) is 15.9. The minimum Gasteiger partial charge on any atom is -0.404 e. The summed E-state index contributed by atoms with van der Waals surface area (Å²) in [6, 6.07) is 9.31. The first-order valence-electron chi connectivity index (χ1n) is 11.7. The maximum Gasteiger partial charge on any atom is 0.258 e. The number of fused-ring (bicyclic) bond motifs is 2. The van der Waals surface area contributed by atoms with Gasteiger partial charge in [-0.15, -0.1) is 0 Å². The molecular formula is C26H25N9O. The number of nitrogens with two attached hydrogens (primary N) is 1. The molecule has 1 aliphatic heterocycles. The molecule has 0 radical (unpaired) electrons. The van der Waals surface area contributed by atoms with Crippen LogP contribution < -0.4 is 5.73 Å². The highest BCUT2D eigenvalue weighted by atomic mass is 16.2. The van der Waals surface area contributed by atoms with Crippen molar-refractivity contribution in [1.82, 2.24) is 39.2 Å². The van der Waals surface area contributed by atoms with Crippen LogP contribution in [0.1, 0.15) is 34.4 Å². The third-order valence-electron chi connectivity index (χ3n) is 6.67. The zero-order valence-electron chi connectivity index (χ0n) is 20.0. The van der Waals surface area contributed by atoms with Gasteiger partial charge in [0.15, 0.2) is 0 Å². The van der Waals surface area contributed by atoms with Crippen LogP contribution in [-0.2, 0) is 18.3 Å². The Morgan fingerprint density at radius 2 is 2.08 bits per heavy atom. The summed E-state index contributed by atoms with van der Waals surface area (Å²) in [5.41, 5.74) is 13.4. The van der Waals surface area contributed by atoms with E-state index in [-0.39, 0.29) is 5.91 Å². The molecule has 6 rings (SSSR count). The number of pyridine rings is 2. The molecule has 0 spiro atoms. The maximum absolute atomic E-state index is 13.9. The third kappa shape index (κ3) is 3.54. The van der Waals surface area contributed by atoms with E-state index in [1.807, 2.05) is 61.2 Å². The fourth-order valence-electron chi connectivity index (χ4n) is 4.82. The maximum atomic E-state index is 13.9. The Kier molecular flexibility index (Phi) is 5.14. The molecule has 0 fully saturated rings. The van der Waals surface area contributed by atoms with Gasteiger partial charge in [-0.1, -0.05) is 12.1 Å². The average Bonchev–Trinajstić information content (AvgIpc) is 3.64. The number of aromatic nitrogens is 7. The zero-order valence-corrected chi connectivity index (χ0v) is 20.0. The lowest BCUT2D eigenvalue weighted by atomic mass is 9.97. The number of aromatic amines is 1. The second-order valence-corrected chi connectivity index (χ2v) is 8.92. The number of amides is 1. The smallest absolute Gasteiger partial charge is 0.258 e.